The average molecular weight is 235 g/mol. The summed E-state index contributed by atoms with van der Waals surface area (Å²) in [5, 5.41) is 9.20. The lowest BCUT2D eigenvalue weighted by atomic mass is 9.96. The molecule has 1 fully saturated rings. The zero-order valence-electron chi connectivity index (χ0n) is 9.40. The molecule has 2 unspecified atom stereocenters. The minimum absolute atomic E-state index is 0.195. The van der Waals surface area contributed by atoms with Gasteiger partial charge in [0.1, 0.15) is 11.9 Å². The normalized spacial score (nSPS) is 26.5. The Hall–Kier alpha value is -1.58. The molecule has 1 aromatic carbocycles. The van der Waals surface area contributed by atoms with Gasteiger partial charge < -0.3 is 10.0 Å². The molecule has 2 aliphatic heterocycles. The second-order valence-corrected chi connectivity index (χ2v) is 4.78. The van der Waals surface area contributed by atoms with Crippen LogP contribution in [0.5, 0.6) is 0 Å². The predicted octanol–water partition coefficient (Wildman–Crippen LogP) is 2.19. The summed E-state index contributed by atoms with van der Waals surface area (Å²) in [6, 6.07) is 4.64. The van der Waals surface area contributed by atoms with E-state index in [-0.39, 0.29) is 11.9 Å². The van der Waals surface area contributed by atoms with Crippen LogP contribution >= 0.6 is 0 Å². The zero-order chi connectivity index (χ0) is 12.0. The van der Waals surface area contributed by atoms with Crippen LogP contribution in [-0.2, 0) is 11.2 Å². The first-order chi connectivity index (χ1) is 8.18. The van der Waals surface area contributed by atoms with Gasteiger partial charge in [0, 0.05) is 6.04 Å². The number of carboxylic acid groups (broad SMARTS) is 1. The molecular weight excluding hydrogens is 221 g/mol. The molecule has 3 nitrogen and oxygen atoms in total. The molecule has 3 rings (SSSR count). The van der Waals surface area contributed by atoms with E-state index in [4.69, 9.17) is 0 Å². The van der Waals surface area contributed by atoms with Gasteiger partial charge in [-0.2, -0.15) is 0 Å². The van der Waals surface area contributed by atoms with Crippen molar-refractivity contribution in [1.82, 2.24) is 0 Å². The van der Waals surface area contributed by atoms with Gasteiger partial charge in [-0.25, -0.2) is 9.18 Å². The van der Waals surface area contributed by atoms with Gasteiger partial charge in [-0.15, -0.1) is 0 Å². The Morgan fingerprint density at radius 2 is 2.18 bits per heavy atom. The molecule has 2 heterocycles. The van der Waals surface area contributed by atoms with Gasteiger partial charge in [0.15, 0.2) is 0 Å². The van der Waals surface area contributed by atoms with E-state index in [0.29, 0.717) is 12.1 Å². The summed E-state index contributed by atoms with van der Waals surface area (Å²) in [6.45, 7) is 0. The number of para-hydroxylation sites is 1. The zero-order valence-corrected chi connectivity index (χ0v) is 9.40. The maximum Gasteiger partial charge on any atom is 0.326 e. The highest BCUT2D eigenvalue weighted by atomic mass is 19.1. The van der Waals surface area contributed by atoms with Crippen LogP contribution in [0.1, 0.15) is 24.8 Å². The van der Waals surface area contributed by atoms with Gasteiger partial charge in [0.2, 0.25) is 0 Å². The van der Waals surface area contributed by atoms with Crippen molar-refractivity contribution in [1.29, 1.82) is 0 Å². The number of aryl methyl sites for hydroxylation is 1. The van der Waals surface area contributed by atoms with E-state index < -0.39 is 12.0 Å². The highest BCUT2D eigenvalue weighted by Gasteiger charge is 2.41. The predicted molar refractivity (Wildman–Crippen MR) is 61.6 cm³/mol. The number of rotatable bonds is 1. The van der Waals surface area contributed by atoms with E-state index in [1.54, 1.807) is 11.0 Å². The number of fused-ring (bicyclic) bond motifs is 3. The third kappa shape index (κ3) is 1.51. The molecule has 90 valence electrons. The molecule has 17 heavy (non-hydrogen) atoms. The summed E-state index contributed by atoms with van der Waals surface area (Å²) in [4.78, 5) is 13.0. The smallest absolute Gasteiger partial charge is 0.326 e. The maximum absolute atomic E-state index is 13.9. The lowest BCUT2D eigenvalue weighted by Crippen LogP contribution is -2.44. The van der Waals surface area contributed by atoms with Crippen LogP contribution in [0.3, 0.4) is 0 Å². The van der Waals surface area contributed by atoms with Gasteiger partial charge in [0.25, 0.3) is 0 Å². The Morgan fingerprint density at radius 1 is 1.35 bits per heavy atom. The van der Waals surface area contributed by atoms with Gasteiger partial charge >= 0.3 is 5.97 Å². The Morgan fingerprint density at radius 3 is 2.94 bits per heavy atom. The molecule has 0 radical (unpaired) electrons. The van der Waals surface area contributed by atoms with E-state index in [2.05, 4.69) is 0 Å². The summed E-state index contributed by atoms with van der Waals surface area (Å²) in [5.74, 6) is -1.14. The van der Waals surface area contributed by atoms with Crippen molar-refractivity contribution >= 4 is 11.7 Å². The molecule has 4 heteroatoms. The Balaban J connectivity index is 2.10. The van der Waals surface area contributed by atoms with Crippen LogP contribution in [0.15, 0.2) is 18.2 Å². The lowest BCUT2D eigenvalue weighted by Gasteiger charge is -2.36. The van der Waals surface area contributed by atoms with Gasteiger partial charge in [0.05, 0.1) is 5.69 Å². The van der Waals surface area contributed by atoms with Crippen molar-refractivity contribution in [3.63, 3.8) is 0 Å². The van der Waals surface area contributed by atoms with Crippen LogP contribution in [0.4, 0.5) is 10.1 Å². The van der Waals surface area contributed by atoms with Crippen molar-refractivity contribution < 1.29 is 14.3 Å². The van der Waals surface area contributed by atoms with Gasteiger partial charge in [-0.1, -0.05) is 12.1 Å². The van der Waals surface area contributed by atoms with E-state index in [9.17, 15) is 14.3 Å². The summed E-state index contributed by atoms with van der Waals surface area (Å²) in [7, 11) is 0. The van der Waals surface area contributed by atoms with Crippen LogP contribution in [-0.4, -0.2) is 23.2 Å². The highest BCUT2D eigenvalue weighted by molar-refractivity contribution is 5.80. The molecule has 0 saturated carbocycles. The fourth-order valence-electron chi connectivity index (χ4n) is 3.12. The third-order valence-electron chi connectivity index (χ3n) is 3.86. The number of anilines is 1. The lowest BCUT2D eigenvalue weighted by molar-refractivity contribution is -0.138. The SMILES string of the molecule is O=C(O)C1CCC2CCc3cccc(F)c3N21. The van der Waals surface area contributed by atoms with E-state index in [1.807, 2.05) is 6.07 Å². The first-order valence-corrected chi connectivity index (χ1v) is 5.97. The van der Waals surface area contributed by atoms with Crippen molar-refractivity contribution in [2.45, 2.75) is 37.8 Å². The number of hydrogen-bond acceptors (Lipinski definition) is 2. The van der Waals surface area contributed by atoms with Crippen LogP contribution < -0.4 is 4.90 Å². The van der Waals surface area contributed by atoms with Crippen LogP contribution in [0, 0.1) is 5.82 Å². The van der Waals surface area contributed by atoms with Crippen molar-refractivity contribution in [2.24, 2.45) is 0 Å². The molecule has 0 aliphatic carbocycles. The van der Waals surface area contributed by atoms with Crippen molar-refractivity contribution in [3.05, 3.63) is 29.6 Å². The number of benzene rings is 1. The maximum atomic E-state index is 13.9. The van der Waals surface area contributed by atoms with Crippen molar-refractivity contribution in [3.8, 4) is 0 Å². The molecule has 1 aromatic rings. The molecule has 0 bridgehead atoms. The van der Waals surface area contributed by atoms with Gasteiger partial charge in [-0.05, 0) is 37.3 Å². The molecule has 2 aliphatic rings. The Bertz CT molecular complexity index is 474. The molecule has 2 atom stereocenters. The summed E-state index contributed by atoms with van der Waals surface area (Å²) in [5.41, 5.74) is 1.46. The Labute approximate surface area is 98.9 Å². The second-order valence-electron chi connectivity index (χ2n) is 4.78. The number of carbonyl (C=O) groups is 1. The van der Waals surface area contributed by atoms with E-state index >= 15 is 0 Å². The fourth-order valence-corrected chi connectivity index (χ4v) is 3.12. The molecule has 1 N–H and O–H groups in total. The number of hydrogen-bond donors (Lipinski definition) is 1. The summed E-state index contributed by atoms with van der Waals surface area (Å²) >= 11 is 0. The van der Waals surface area contributed by atoms with Crippen LogP contribution in [0.25, 0.3) is 0 Å². The number of halogens is 1. The second kappa shape index (κ2) is 3.72. The topological polar surface area (TPSA) is 40.5 Å². The molecular formula is C13H14FNO2. The highest BCUT2D eigenvalue weighted by Crippen LogP contribution is 2.40. The average Bonchev–Trinajstić information content (AvgIpc) is 2.72. The number of carboxylic acids is 1. The largest absolute Gasteiger partial charge is 0.480 e. The third-order valence-corrected chi connectivity index (χ3v) is 3.86. The first-order valence-electron chi connectivity index (χ1n) is 5.97. The van der Waals surface area contributed by atoms with E-state index in [1.165, 1.54) is 6.07 Å². The minimum Gasteiger partial charge on any atom is -0.480 e. The standard InChI is InChI=1S/C13H14FNO2/c14-10-3-1-2-8-4-5-9-6-7-11(13(16)17)15(9)12(8)10/h1-3,9,11H,4-7H2,(H,16,17). The number of nitrogens with zero attached hydrogens (tertiary/aromatic N) is 1. The monoisotopic (exact) mass is 235 g/mol. The van der Waals surface area contributed by atoms with Gasteiger partial charge in [-0.3, -0.25) is 0 Å². The summed E-state index contributed by atoms with van der Waals surface area (Å²) < 4.78 is 13.9. The Kier molecular flexibility index (Phi) is 2.31. The fraction of sp³-hybridized carbons (Fsp3) is 0.462. The molecule has 1 saturated heterocycles. The minimum atomic E-state index is -0.844. The van der Waals surface area contributed by atoms with Crippen LogP contribution in [0.2, 0.25) is 0 Å². The van der Waals surface area contributed by atoms with Crippen molar-refractivity contribution in [2.75, 3.05) is 4.90 Å². The van der Waals surface area contributed by atoms with E-state index in [0.717, 1.165) is 24.8 Å². The summed E-state index contributed by atoms with van der Waals surface area (Å²) in [6.07, 6.45) is 3.25. The quantitative estimate of drug-likeness (QED) is 0.811. The molecule has 0 spiro atoms. The molecule has 0 aromatic heterocycles. The molecule has 0 amide bonds. The first kappa shape index (κ1) is 10.6. The number of aliphatic carboxylic acids is 1.